The number of aryl methyl sites for hydroxylation is 1. The van der Waals surface area contributed by atoms with Crippen LogP contribution in [0, 0.1) is 15.9 Å². The van der Waals surface area contributed by atoms with E-state index in [9.17, 15) is 14.5 Å². The lowest BCUT2D eigenvalue weighted by molar-refractivity contribution is -0.385. The second-order valence-electron chi connectivity index (χ2n) is 5.62. The van der Waals surface area contributed by atoms with Crippen LogP contribution in [0.15, 0.2) is 30.6 Å². The van der Waals surface area contributed by atoms with Crippen LogP contribution < -0.4 is 5.32 Å². The highest BCUT2D eigenvalue weighted by Gasteiger charge is 2.27. The highest BCUT2D eigenvalue weighted by molar-refractivity contribution is 5.34. The van der Waals surface area contributed by atoms with E-state index in [0.717, 1.165) is 31.5 Å². The van der Waals surface area contributed by atoms with E-state index in [-0.39, 0.29) is 11.7 Å². The Morgan fingerprint density at radius 3 is 3.00 bits per heavy atom. The second-order valence-corrected chi connectivity index (χ2v) is 5.62. The minimum Gasteiger partial charge on any atom is -0.337 e. The number of benzene rings is 1. The van der Waals surface area contributed by atoms with E-state index in [2.05, 4.69) is 15.2 Å². The van der Waals surface area contributed by atoms with Crippen molar-refractivity contribution in [3.63, 3.8) is 0 Å². The monoisotopic (exact) mass is 319 g/mol. The normalized spacial score (nSPS) is 19.0. The van der Waals surface area contributed by atoms with Crippen molar-refractivity contribution >= 4 is 5.69 Å². The maximum absolute atomic E-state index is 14.1. The smallest absolute Gasteiger partial charge is 0.272 e. The van der Waals surface area contributed by atoms with Crippen LogP contribution in [0.4, 0.5) is 10.1 Å². The number of rotatable bonds is 4. The SMILES string of the molecule is Cn1ccnc1C1CNCCN1Cc1ccc([N+](=O)[O-])cc1F. The Balaban J connectivity index is 1.82. The van der Waals surface area contributed by atoms with Gasteiger partial charge < -0.3 is 9.88 Å². The van der Waals surface area contributed by atoms with Gasteiger partial charge in [0.25, 0.3) is 5.69 Å². The zero-order chi connectivity index (χ0) is 16.4. The number of piperazine rings is 1. The Hall–Kier alpha value is -2.32. The van der Waals surface area contributed by atoms with Gasteiger partial charge in [0.05, 0.1) is 17.0 Å². The number of nitrogens with one attached hydrogen (secondary N) is 1. The maximum atomic E-state index is 14.1. The van der Waals surface area contributed by atoms with Gasteiger partial charge in [0.2, 0.25) is 0 Å². The number of non-ortho nitro benzene ring substituents is 1. The van der Waals surface area contributed by atoms with Crippen molar-refractivity contribution in [3.8, 4) is 0 Å². The molecule has 23 heavy (non-hydrogen) atoms. The molecule has 0 aliphatic carbocycles. The Labute approximate surface area is 132 Å². The number of nitro benzene ring substituents is 1. The van der Waals surface area contributed by atoms with Crippen LogP contribution in [0.25, 0.3) is 0 Å². The maximum Gasteiger partial charge on any atom is 0.272 e. The molecular weight excluding hydrogens is 301 g/mol. The first-order chi connectivity index (χ1) is 11.1. The van der Waals surface area contributed by atoms with Crippen molar-refractivity contribution in [2.75, 3.05) is 19.6 Å². The van der Waals surface area contributed by atoms with Gasteiger partial charge in [-0.25, -0.2) is 9.37 Å². The number of hydrogen-bond acceptors (Lipinski definition) is 5. The lowest BCUT2D eigenvalue weighted by atomic mass is 10.1. The standard InChI is InChI=1S/C15H18FN5O2/c1-19-6-5-18-15(19)14-9-17-4-7-20(14)10-11-2-3-12(21(22)23)8-13(11)16/h2-3,5-6,8,14,17H,4,7,9-10H2,1H3. The van der Waals surface area contributed by atoms with Gasteiger partial charge in [-0.15, -0.1) is 0 Å². The number of nitrogens with zero attached hydrogens (tertiary/aromatic N) is 4. The molecule has 1 aliphatic heterocycles. The number of hydrogen-bond donors (Lipinski definition) is 1. The van der Waals surface area contributed by atoms with Crippen LogP contribution in [0.1, 0.15) is 17.4 Å². The van der Waals surface area contributed by atoms with Gasteiger partial charge in [-0.05, 0) is 6.07 Å². The fourth-order valence-electron chi connectivity index (χ4n) is 2.89. The van der Waals surface area contributed by atoms with Gasteiger partial charge >= 0.3 is 0 Å². The van der Waals surface area contributed by atoms with Crippen LogP contribution in [0.5, 0.6) is 0 Å². The van der Waals surface area contributed by atoms with Crippen molar-refractivity contribution in [2.24, 2.45) is 7.05 Å². The molecule has 1 atom stereocenters. The number of imidazole rings is 1. The summed E-state index contributed by atoms with van der Waals surface area (Å²) < 4.78 is 16.1. The predicted molar refractivity (Wildman–Crippen MR) is 82.3 cm³/mol. The molecule has 1 saturated heterocycles. The zero-order valence-electron chi connectivity index (χ0n) is 12.8. The quantitative estimate of drug-likeness (QED) is 0.684. The van der Waals surface area contributed by atoms with Gasteiger partial charge in [0.15, 0.2) is 0 Å². The highest BCUT2D eigenvalue weighted by Crippen LogP contribution is 2.25. The van der Waals surface area contributed by atoms with Gasteiger partial charge in [-0.2, -0.15) is 0 Å². The van der Waals surface area contributed by atoms with Crippen LogP contribution in [0.2, 0.25) is 0 Å². The van der Waals surface area contributed by atoms with Gasteiger partial charge in [0.1, 0.15) is 11.6 Å². The van der Waals surface area contributed by atoms with E-state index in [1.165, 1.54) is 12.1 Å². The van der Waals surface area contributed by atoms with Crippen molar-refractivity contribution in [2.45, 2.75) is 12.6 Å². The van der Waals surface area contributed by atoms with E-state index in [1.807, 2.05) is 17.8 Å². The molecule has 1 N–H and O–H groups in total. The Kier molecular flexibility index (Phi) is 4.35. The summed E-state index contributed by atoms with van der Waals surface area (Å²) >= 11 is 0. The molecule has 1 fully saturated rings. The van der Waals surface area contributed by atoms with Crippen molar-refractivity contribution in [1.82, 2.24) is 19.8 Å². The van der Waals surface area contributed by atoms with E-state index in [4.69, 9.17) is 0 Å². The summed E-state index contributed by atoms with van der Waals surface area (Å²) in [6.07, 6.45) is 3.63. The number of nitro groups is 1. The van der Waals surface area contributed by atoms with Crippen LogP contribution in [-0.4, -0.2) is 39.0 Å². The van der Waals surface area contributed by atoms with Crippen molar-refractivity contribution in [1.29, 1.82) is 0 Å². The minimum atomic E-state index is -0.589. The summed E-state index contributed by atoms with van der Waals surface area (Å²) in [5, 5.41) is 14.0. The second kappa shape index (κ2) is 6.43. The Bertz CT molecular complexity index is 718. The summed E-state index contributed by atoms with van der Waals surface area (Å²) in [5.74, 6) is 0.371. The molecule has 1 aromatic heterocycles. The summed E-state index contributed by atoms with van der Waals surface area (Å²) in [4.78, 5) is 16.7. The molecule has 3 rings (SSSR count). The molecule has 0 spiro atoms. The predicted octanol–water partition coefficient (Wildman–Crippen LogP) is 1.61. The molecule has 0 saturated carbocycles. The molecule has 1 unspecified atom stereocenters. The van der Waals surface area contributed by atoms with Gasteiger partial charge in [-0.1, -0.05) is 0 Å². The van der Waals surface area contributed by atoms with Crippen molar-refractivity contribution in [3.05, 3.63) is 57.9 Å². The van der Waals surface area contributed by atoms with Crippen LogP contribution in [-0.2, 0) is 13.6 Å². The zero-order valence-corrected chi connectivity index (χ0v) is 12.8. The lowest BCUT2D eigenvalue weighted by Crippen LogP contribution is -2.46. The highest BCUT2D eigenvalue weighted by atomic mass is 19.1. The third-order valence-electron chi connectivity index (χ3n) is 4.13. The van der Waals surface area contributed by atoms with Crippen LogP contribution >= 0.6 is 0 Å². The van der Waals surface area contributed by atoms with E-state index >= 15 is 0 Å². The molecule has 1 aromatic carbocycles. The molecular formula is C15H18FN5O2. The molecule has 0 amide bonds. The molecule has 0 bridgehead atoms. The fourth-order valence-corrected chi connectivity index (χ4v) is 2.89. The lowest BCUT2D eigenvalue weighted by Gasteiger charge is -2.35. The molecule has 122 valence electrons. The summed E-state index contributed by atoms with van der Waals surface area (Å²) in [5.41, 5.74) is 0.226. The Morgan fingerprint density at radius 1 is 1.52 bits per heavy atom. The largest absolute Gasteiger partial charge is 0.337 e. The minimum absolute atomic E-state index is 0.0401. The number of halogens is 1. The number of aromatic nitrogens is 2. The third-order valence-corrected chi connectivity index (χ3v) is 4.13. The molecule has 2 aromatic rings. The molecule has 2 heterocycles. The Morgan fingerprint density at radius 2 is 2.35 bits per heavy atom. The van der Waals surface area contributed by atoms with E-state index in [1.54, 1.807) is 6.20 Å². The average Bonchev–Trinajstić information content (AvgIpc) is 2.95. The summed E-state index contributed by atoms with van der Waals surface area (Å²) in [7, 11) is 1.93. The van der Waals surface area contributed by atoms with Gasteiger partial charge in [-0.3, -0.25) is 15.0 Å². The van der Waals surface area contributed by atoms with E-state index < -0.39 is 10.7 Å². The topological polar surface area (TPSA) is 76.2 Å². The van der Waals surface area contributed by atoms with Gasteiger partial charge in [0, 0.05) is 57.3 Å². The molecule has 7 nitrogen and oxygen atoms in total. The fraction of sp³-hybridized carbons (Fsp3) is 0.400. The van der Waals surface area contributed by atoms with Crippen molar-refractivity contribution < 1.29 is 9.31 Å². The summed E-state index contributed by atoms with van der Waals surface area (Å²) in [6.45, 7) is 2.70. The molecule has 1 aliphatic rings. The third kappa shape index (κ3) is 3.22. The molecule has 0 radical (unpaired) electrons. The molecule has 8 heteroatoms. The first-order valence-electron chi connectivity index (χ1n) is 7.41. The summed E-state index contributed by atoms with van der Waals surface area (Å²) in [6, 6.07) is 3.85. The first-order valence-corrected chi connectivity index (χ1v) is 7.41. The first kappa shape index (κ1) is 15.6. The average molecular weight is 319 g/mol. The van der Waals surface area contributed by atoms with E-state index in [0.29, 0.717) is 12.1 Å². The van der Waals surface area contributed by atoms with Crippen LogP contribution in [0.3, 0.4) is 0 Å².